The second-order valence-electron chi connectivity index (χ2n) is 6.52. The highest BCUT2D eigenvalue weighted by atomic mass is 32.1. The van der Waals surface area contributed by atoms with Gasteiger partial charge in [0.1, 0.15) is 4.83 Å². The first-order valence-electron chi connectivity index (χ1n) is 7.91. The van der Waals surface area contributed by atoms with Crippen LogP contribution in [0.25, 0.3) is 10.2 Å². The summed E-state index contributed by atoms with van der Waals surface area (Å²) in [5, 5.41) is 4.17. The van der Waals surface area contributed by atoms with Crippen molar-refractivity contribution >= 4 is 21.6 Å². The van der Waals surface area contributed by atoms with Crippen molar-refractivity contribution < 1.29 is 4.74 Å². The molecule has 2 aromatic rings. The van der Waals surface area contributed by atoms with E-state index in [0.717, 1.165) is 48.1 Å². The van der Waals surface area contributed by atoms with Gasteiger partial charge < -0.3 is 10.1 Å². The third-order valence-electron chi connectivity index (χ3n) is 5.21. The number of aromatic nitrogens is 2. The molecule has 2 aliphatic heterocycles. The average molecular weight is 319 g/mol. The van der Waals surface area contributed by atoms with Gasteiger partial charge in [0, 0.05) is 4.88 Å². The number of ether oxygens (including phenoxy) is 1. The predicted molar refractivity (Wildman–Crippen MR) is 87.8 cm³/mol. The van der Waals surface area contributed by atoms with Gasteiger partial charge in [0.05, 0.1) is 30.0 Å². The molecule has 0 radical (unpaired) electrons. The van der Waals surface area contributed by atoms with Crippen molar-refractivity contribution in [1.29, 1.82) is 0 Å². The summed E-state index contributed by atoms with van der Waals surface area (Å²) in [5.41, 5.74) is 1.12. The monoisotopic (exact) mass is 319 g/mol. The zero-order valence-corrected chi connectivity index (χ0v) is 13.8. The van der Waals surface area contributed by atoms with E-state index in [4.69, 9.17) is 4.74 Å². The zero-order chi connectivity index (χ0) is 15.3. The Morgan fingerprint density at radius 3 is 2.95 bits per heavy atom. The van der Waals surface area contributed by atoms with Crippen LogP contribution in [0, 0.1) is 13.8 Å². The van der Waals surface area contributed by atoms with E-state index < -0.39 is 0 Å². The molecule has 1 spiro atoms. The molecule has 4 heterocycles. The summed E-state index contributed by atoms with van der Waals surface area (Å²) in [6.07, 6.45) is 4.70. The number of hydrogen-bond donors (Lipinski definition) is 1. The van der Waals surface area contributed by atoms with E-state index in [0.29, 0.717) is 6.61 Å². The number of rotatable bonds is 1. The molecule has 0 aliphatic carbocycles. The van der Waals surface area contributed by atoms with Crippen LogP contribution in [0.1, 0.15) is 35.7 Å². The number of piperidine rings is 1. The van der Waals surface area contributed by atoms with Gasteiger partial charge in [-0.25, -0.2) is 4.98 Å². The van der Waals surface area contributed by atoms with E-state index in [1.165, 1.54) is 4.88 Å². The minimum atomic E-state index is -0.0378. The molecule has 4 rings (SSSR count). The lowest BCUT2D eigenvalue weighted by atomic mass is 9.88. The van der Waals surface area contributed by atoms with Crippen LogP contribution in [0.5, 0.6) is 0 Å². The first kappa shape index (κ1) is 14.4. The highest BCUT2D eigenvalue weighted by Gasteiger charge is 2.42. The van der Waals surface area contributed by atoms with Crippen LogP contribution in [-0.2, 0) is 4.74 Å². The lowest BCUT2D eigenvalue weighted by molar-refractivity contribution is -0.0196. The Morgan fingerprint density at radius 1 is 1.41 bits per heavy atom. The second-order valence-corrected chi connectivity index (χ2v) is 7.73. The Hall–Kier alpha value is -1.24. The van der Waals surface area contributed by atoms with Crippen LogP contribution in [0.15, 0.2) is 11.1 Å². The van der Waals surface area contributed by atoms with Gasteiger partial charge in [0.2, 0.25) is 0 Å². The first-order chi connectivity index (χ1) is 10.6. The molecule has 2 fully saturated rings. The lowest BCUT2D eigenvalue weighted by Gasteiger charge is -2.32. The van der Waals surface area contributed by atoms with E-state index in [-0.39, 0.29) is 17.2 Å². The largest absolute Gasteiger partial charge is 0.373 e. The number of thiophene rings is 1. The number of aryl methyl sites for hydroxylation is 2. The Labute approximate surface area is 133 Å². The maximum absolute atomic E-state index is 12.9. The maximum atomic E-state index is 12.9. The van der Waals surface area contributed by atoms with Gasteiger partial charge in [0.15, 0.2) is 0 Å². The normalized spacial score (nSPS) is 24.4. The highest BCUT2D eigenvalue weighted by Crippen LogP contribution is 2.39. The second kappa shape index (κ2) is 5.15. The fourth-order valence-electron chi connectivity index (χ4n) is 3.74. The van der Waals surface area contributed by atoms with Crippen LogP contribution in [-0.4, -0.2) is 34.8 Å². The molecule has 2 aromatic heterocycles. The molecule has 118 valence electrons. The molecule has 0 saturated carbocycles. The van der Waals surface area contributed by atoms with Crippen molar-refractivity contribution in [2.75, 3.05) is 19.7 Å². The molecule has 1 unspecified atom stereocenters. The van der Waals surface area contributed by atoms with Crippen molar-refractivity contribution in [3.05, 3.63) is 27.1 Å². The number of hydrogen-bond acceptors (Lipinski definition) is 5. The van der Waals surface area contributed by atoms with Gasteiger partial charge in [-0.15, -0.1) is 11.3 Å². The molecule has 6 heteroatoms. The third-order valence-corrected chi connectivity index (χ3v) is 6.33. The van der Waals surface area contributed by atoms with Crippen LogP contribution < -0.4 is 10.9 Å². The van der Waals surface area contributed by atoms with Gasteiger partial charge in [-0.1, -0.05) is 0 Å². The molecular weight excluding hydrogens is 298 g/mol. The summed E-state index contributed by atoms with van der Waals surface area (Å²) in [6.45, 7) is 6.69. The predicted octanol–water partition coefficient (Wildman–Crippen LogP) is 2.16. The number of fused-ring (bicyclic) bond motifs is 1. The van der Waals surface area contributed by atoms with Gasteiger partial charge in [0.25, 0.3) is 5.56 Å². The van der Waals surface area contributed by atoms with E-state index >= 15 is 0 Å². The zero-order valence-electron chi connectivity index (χ0n) is 13.0. The fraction of sp³-hybridized carbons (Fsp3) is 0.625. The summed E-state index contributed by atoms with van der Waals surface area (Å²) in [6, 6.07) is 0.113. The SMILES string of the molecule is Cc1sc2ncn(C3COC4(CCNCC4)C3)c(=O)c2c1C. The van der Waals surface area contributed by atoms with Gasteiger partial charge >= 0.3 is 0 Å². The molecule has 1 N–H and O–H groups in total. The molecule has 0 amide bonds. The Morgan fingerprint density at radius 2 is 2.18 bits per heavy atom. The average Bonchev–Trinajstić information content (AvgIpc) is 3.03. The Kier molecular flexibility index (Phi) is 3.36. The lowest BCUT2D eigenvalue weighted by Crippen LogP contribution is -2.41. The molecule has 2 saturated heterocycles. The highest BCUT2D eigenvalue weighted by molar-refractivity contribution is 7.18. The van der Waals surface area contributed by atoms with E-state index in [1.54, 1.807) is 22.2 Å². The summed E-state index contributed by atoms with van der Waals surface area (Å²) in [4.78, 5) is 19.4. The minimum absolute atomic E-state index is 0.0378. The Balaban J connectivity index is 1.71. The van der Waals surface area contributed by atoms with Gasteiger partial charge in [-0.05, 0) is 51.8 Å². The quantitative estimate of drug-likeness (QED) is 0.875. The fourth-order valence-corrected chi connectivity index (χ4v) is 4.73. The summed E-state index contributed by atoms with van der Waals surface area (Å²) in [5.74, 6) is 0. The van der Waals surface area contributed by atoms with Crippen molar-refractivity contribution in [1.82, 2.24) is 14.9 Å². The van der Waals surface area contributed by atoms with E-state index in [2.05, 4.69) is 10.3 Å². The van der Waals surface area contributed by atoms with Crippen molar-refractivity contribution in [2.45, 2.75) is 44.8 Å². The van der Waals surface area contributed by atoms with Gasteiger partial charge in [-0.3, -0.25) is 9.36 Å². The molecule has 2 aliphatic rings. The summed E-state index contributed by atoms with van der Waals surface area (Å²) < 4.78 is 7.93. The van der Waals surface area contributed by atoms with Crippen molar-refractivity contribution in [3.8, 4) is 0 Å². The number of nitrogens with one attached hydrogen (secondary N) is 1. The van der Waals surface area contributed by atoms with Crippen LogP contribution >= 0.6 is 11.3 Å². The Bertz CT molecular complexity index is 774. The molecule has 5 nitrogen and oxygen atoms in total. The van der Waals surface area contributed by atoms with E-state index in [9.17, 15) is 4.79 Å². The summed E-state index contributed by atoms with van der Waals surface area (Å²) >= 11 is 1.60. The summed E-state index contributed by atoms with van der Waals surface area (Å²) in [7, 11) is 0. The number of nitrogens with zero attached hydrogens (tertiary/aromatic N) is 2. The van der Waals surface area contributed by atoms with Crippen molar-refractivity contribution in [3.63, 3.8) is 0 Å². The van der Waals surface area contributed by atoms with Crippen LogP contribution in [0.4, 0.5) is 0 Å². The van der Waals surface area contributed by atoms with Gasteiger partial charge in [-0.2, -0.15) is 0 Å². The standard InChI is InChI=1S/C16H21N3O2S/c1-10-11(2)22-14-13(10)15(20)19(9-18-14)12-7-16(21-8-12)3-5-17-6-4-16/h9,12,17H,3-8H2,1-2H3. The molecule has 0 bridgehead atoms. The van der Waals surface area contributed by atoms with E-state index in [1.807, 2.05) is 13.8 Å². The van der Waals surface area contributed by atoms with Crippen molar-refractivity contribution in [2.24, 2.45) is 0 Å². The molecule has 22 heavy (non-hydrogen) atoms. The topological polar surface area (TPSA) is 56.1 Å². The molecular formula is C16H21N3O2S. The third kappa shape index (κ3) is 2.13. The molecule has 1 atom stereocenters. The maximum Gasteiger partial charge on any atom is 0.262 e. The smallest absolute Gasteiger partial charge is 0.262 e. The van der Waals surface area contributed by atoms with Crippen LogP contribution in [0.2, 0.25) is 0 Å². The molecule has 0 aromatic carbocycles. The first-order valence-corrected chi connectivity index (χ1v) is 8.73. The van der Waals surface area contributed by atoms with Crippen LogP contribution in [0.3, 0.4) is 0 Å². The minimum Gasteiger partial charge on any atom is -0.373 e.